The van der Waals surface area contributed by atoms with Crippen molar-refractivity contribution in [2.45, 2.75) is 44.9 Å². The van der Waals surface area contributed by atoms with Crippen LogP contribution in [-0.2, 0) is 6.18 Å². The second-order valence-corrected chi connectivity index (χ2v) is 7.98. The molecule has 0 bridgehead atoms. The average molecular weight is 493 g/mol. The summed E-state index contributed by atoms with van der Waals surface area (Å²) in [4.78, 5) is 32.2. The molecule has 7 nitrogen and oxygen atoms in total. The first-order chi connectivity index (χ1) is 15.7. The summed E-state index contributed by atoms with van der Waals surface area (Å²) in [6.45, 7) is 4.27. The normalized spacial score (nSPS) is 18.2. The number of rotatable bonds is 4. The highest BCUT2D eigenvalue weighted by Gasteiger charge is 2.34. The monoisotopic (exact) mass is 492 g/mol. The minimum atomic E-state index is -4.44. The number of anilines is 1. The summed E-state index contributed by atoms with van der Waals surface area (Å²) in [5.74, 6) is 0.517. The van der Waals surface area contributed by atoms with E-state index in [1.54, 1.807) is 29.4 Å². The number of piperidine rings is 1. The van der Waals surface area contributed by atoms with Crippen molar-refractivity contribution in [2.75, 3.05) is 11.9 Å². The molecular formula is C23H24ClF3N6O. The number of hydrogen-bond donors (Lipinski definition) is 1. The molecule has 3 aromatic rings. The van der Waals surface area contributed by atoms with Crippen molar-refractivity contribution in [3.8, 4) is 11.4 Å². The van der Waals surface area contributed by atoms with E-state index in [2.05, 4.69) is 25.3 Å². The molecule has 4 heterocycles. The van der Waals surface area contributed by atoms with E-state index in [0.717, 1.165) is 25.1 Å². The number of carbonyl (C=O) groups is 1. The number of aromatic nitrogens is 4. The molecule has 1 saturated heterocycles. The third-order valence-corrected chi connectivity index (χ3v) is 5.72. The van der Waals surface area contributed by atoms with Gasteiger partial charge in [-0.25, -0.2) is 19.9 Å². The number of halogens is 4. The quantitative estimate of drug-likeness (QED) is 0.564. The van der Waals surface area contributed by atoms with E-state index < -0.39 is 11.7 Å². The lowest BCUT2D eigenvalue weighted by atomic mass is 9.96. The zero-order valence-electron chi connectivity index (χ0n) is 18.6. The van der Waals surface area contributed by atoms with Crippen molar-refractivity contribution in [1.82, 2.24) is 24.8 Å². The van der Waals surface area contributed by atoms with E-state index >= 15 is 0 Å². The largest absolute Gasteiger partial charge is 0.417 e. The molecule has 1 aliphatic heterocycles. The van der Waals surface area contributed by atoms with E-state index in [0.29, 0.717) is 29.4 Å². The summed E-state index contributed by atoms with van der Waals surface area (Å²) in [5.41, 5.74) is 0.730. The lowest BCUT2D eigenvalue weighted by Gasteiger charge is -2.40. The molecule has 1 N–H and O–H groups in total. The Morgan fingerprint density at radius 2 is 1.85 bits per heavy atom. The highest BCUT2D eigenvalue weighted by Crippen LogP contribution is 2.30. The summed E-state index contributed by atoms with van der Waals surface area (Å²) in [7, 11) is 0. The zero-order valence-corrected chi connectivity index (χ0v) is 19.4. The average Bonchev–Trinajstić information content (AvgIpc) is 2.80. The minimum Gasteiger partial charge on any atom is -0.365 e. The van der Waals surface area contributed by atoms with Gasteiger partial charge in [0.1, 0.15) is 11.5 Å². The fraction of sp³-hybridized carbons (Fsp3) is 0.348. The van der Waals surface area contributed by atoms with Gasteiger partial charge in [-0.2, -0.15) is 13.2 Å². The number of likely N-dealkylation sites (tertiary alicyclic amines) is 1. The molecule has 0 radical (unpaired) electrons. The summed E-state index contributed by atoms with van der Waals surface area (Å²) in [6.07, 6.45) is 1.07. The first-order valence-electron chi connectivity index (χ1n) is 10.6. The Kier molecular flexibility index (Phi) is 7.71. The van der Waals surface area contributed by atoms with Crippen molar-refractivity contribution in [2.24, 2.45) is 0 Å². The summed E-state index contributed by atoms with van der Waals surface area (Å²) in [6, 6.07) is 7.20. The summed E-state index contributed by atoms with van der Waals surface area (Å²) in [5, 5.41) is 3.19. The Morgan fingerprint density at radius 1 is 1.12 bits per heavy atom. The summed E-state index contributed by atoms with van der Waals surface area (Å²) < 4.78 is 38.4. The molecule has 1 aliphatic rings. The maximum Gasteiger partial charge on any atom is 0.417 e. The highest BCUT2D eigenvalue weighted by molar-refractivity contribution is 5.98. The molecule has 1 fully saturated rings. The van der Waals surface area contributed by atoms with E-state index in [1.807, 2.05) is 19.9 Å². The van der Waals surface area contributed by atoms with Gasteiger partial charge in [0.2, 0.25) is 0 Å². The van der Waals surface area contributed by atoms with Crippen LogP contribution in [0.5, 0.6) is 0 Å². The van der Waals surface area contributed by atoms with Crippen LogP contribution >= 0.6 is 12.4 Å². The van der Waals surface area contributed by atoms with Crippen LogP contribution < -0.4 is 5.32 Å². The Hall–Kier alpha value is -3.27. The molecule has 0 saturated carbocycles. The third kappa shape index (κ3) is 5.44. The fourth-order valence-electron chi connectivity index (χ4n) is 3.93. The van der Waals surface area contributed by atoms with Crippen LogP contribution in [0.2, 0.25) is 0 Å². The molecule has 11 heteroatoms. The SMILES string of the molecule is Cc1ccc(-c2ncccn2)c(C(=O)N2CCCC(Nc3ccc(C(F)(F)F)cn3)C2C)n1.Cl. The smallest absolute Gasteiger partial charge is 0.365 e. The summed E-state index contributed by atoms with van der Waals surface area (Å²) >= 11 is 0. The van der Waals surface area contributed by atoms with E-state index in [4.69, 9.17) is 0 Å². The van der Waals surface area contributed by atoms with Crippen LogP contribution in [0.1, 0.15) is 41.5 Å². The molecule has 3 aromatic heterocycles. The van der Waals surface area contributed by atoms with Gasteiger partial charge < -0.3 is 10.2 Å². The minimum absolute atomic E-state index is 0. The fourth-order valence-corrected chi connectivity index (χ4v) is 3.93. The van der Waals surface area contributed by atoms with Gasteiger partial charge in [0, 0.05) is 42.9 Å². The molecular weight excluding hydrogens is 469 g/mol. The highest BCUT2D eigenvalue weighted by atomic mass is 35.5. The van der Waals surface area contributed by atoms with Gasteiger partial charge in [0.05, 0.1) is 11.1 Å². The predicted molar refractivity (Wildman–Crippen MR) is 124 cm³/mol. The predicted octanol–water partition coefficient (Wildman–Crippen LogP) is 4.79. The van der Waals surface area contributed by atoms with Gasteiger partial charge in [-0.05, 0) is 57.0 Å². The second kappa shape index (κ2) is 10.3. The number of carbonyl (C=O) groups excluding carboxylic acids is 1. The van der Waals surface area contributed by atoms with Crippen LogP contribution in [0.15, 0.2) is 48.9 Å². The number of nitrogens with zero attached hydrogens (tertiary/aromatic N) is 5. The Balaban J connectivity index is 0.00000324. The van der Waals surface area contributed by atoms with Crippen LogP contribution in [-0.4, -0.2) is 49.4 Å². The number of aryl methyl sites for hydroxylation is 1. The van der Waals surface area contributed by atoms with Crippen molar-refractivity contribution in [3.63, 3.8) is 0 Å². The first kappa shape index (κ1) is 25.4. The van der Waals surface area contributed by atoms with Crippen molar-refractivity contribution in [1.29, 1.82) is 0 Å². The van der Waals surface area contributed by atoms with Gasteiger partial charge >= 0.3 is 6.18 Å². The van der Waals surface area contributed by atoms with E-state index in [9.17, 15) is 18.0 Å². The van der Waals surface area contributed by atoms with Gasteiger partial charge in [-0.3, -0.25) is 4.79 Å². The molecule has 0 aromatic carbocycles. The Bertz CT molecular complexity index is 1130. The molecule has 1 amide bonds. The number of hydrogen-bond acceptors (Lipinski definition) is 6. The van der Waals surface area contributed by atoms with Crippen molar-refractivity contribution < 1.29 is 18.0 Å². The standard InChI is InChI=1S/C23H23F3N6O.ClH/c1-14-6-8-17(21-27-10-4-11-28-21)20(30-14)22(33)32-12-3-5-18(15(32)2)31-19-9-7-16(13-29-19)23(24,25)26;/h4,6-11,13,15,18H,3,5,12H2,1-2H3,(H,29,31);1H. The second-order valence-electron chi connectivity index (χ2n) is 7.98. The molecule has 0 aliphatic carbocycles. The molecule has 2 unspecified atom stereocenters. The van der Waals surface area contributed by atoms with E-state index in [1.165, 1.54) is 6.07 Å². The lowest BCUT2D eigenvalue weighted by molar-refractivity contribution is -0.137. The van der Waals surface area contributed by atoms with Crippen LogP contribution in [0, 0.1) is 6.92 Å². The molecule has 2 atom stereocenters. The first-order valence-corrected chi connectivity index (χ1v) is 10.6. The topological polar surface area (TPSA) is 83.9 Å². The van der Waals surface area contributed by atoms with Crippen LogP contribution in [0.25, 0.3) is 11.4 Å². The van der Waals surface area contributed by atoms with Crippen molar-refractivity contribution in [3.05, 3.63) is 65.9 Å². The molecule has 4 rings (SSSR count). The Morgan fingerprint density at radius 3 is 2.50 bits per heavy atom. The maximum absolute atomic E-state index is 13.5. The van der Waals surface area contributed by atoms with E-state index in [-0.39, 0.29) is 36.1 Å². The molecule has 34 heavy (non-hydrogen) atoms. The van der Waals surface area contributed by atoms with Crippen molar-refractivity contribution >= 4 is 24.1 Å². The van der Waals surface area contributed by atoms with Gasteiger partial charge in [-0.1, -0.05) is 0 Å². The Labute approximate surface area is 201 Å². The number of alkyl halides is 3. The lowest BCUT2D eigenvalue weighted by Crippen LogP contribution is -2.52. The zero-order chi connectivity index (χ0) is 23.6. The van der Waals surface area contributed by atoms with Gasteiger partial charge in [-0.15, -0.1) is 12.4 Å². The molecule has 180 valence electrons. The van der Waals surface area contributed by atoms with Gasteiger partial charge in [0.15, 0.2) is 5.82 Å². The number of pyridine rings is 2. The molecule has 0 spiro atoms. The third-order valence-electron chi connectivity index (χ3n) is 5.72. The van der Waals surface area contributed by atoms with Gasteiger partial charge in [0.25, 0.3) is 5.91 Å². The number of amides is 1. The van der Waals surface area contributed by atoms with Crippen LogP contribution in [0.4, 0.5) is 19.0 Å². The maximum atomic E-state index is 13.5. The van der Waals surface area contributed by atoms with Crippen LogP contribution in [0.3, 0.4) is 0 Å². The number of nitrogens with one attached hydrogen (secondary N) is 1.